The number of carbonyl (C=O) groups excluding carboxylic acids is 4. The van der Waals surface area contributed by atoms with E-state index >= 15 is 0 Å². The molecule has 2 aliphatic rings. The van der Waals surface area contributed by atoms with Gasteiger partial charge in [0, 0.05) is 25.2 Å². The fourth-order valence-electron chi connectivity index (χ4n) is 8.20. The minimum Gasteiger partial charge on any atom is -0.463 e. The lowest BCUT2D eigenvalue weighted by molar-refractivity contribution is -0.329. The molecule has 5 aromatic rings. The zero-order chi connectivity index (χ0) is 50.0. The molecule has 15 heteroatoms. The minimum atomic E-state index is -1.35. The molecule has 0 aliphatic carbocycles. The van der Waals surface area contributed by atoms with E-state index in [0.717, 1.165) is 32.7 Å². The standard InChI is InChI=1S/C56H62O14S/c1-37-25-28-45(29-26-37)71-56-54(68-40(4)59)52(65-34-44-23-15-8-16-24-44)50(63-32-42-19-11-6-12-20-42)47(70-56)36-66-55-53(67-39(3)58)51(64-33-43-21-13-7-14-22-43)49(62-31-41-17-9-5-10-18-41)46(69-55)35-61-48(60)30-27-38(2)57/h5-26,28-29,46-47,49-56H,27,30-36H2,1-4H3/t46-,47-,49-,50-,51+,52+,53+,54+,55+,56-/m1/s1. The molecule has 14 nitrogen and oxygen atoms in total. The first kappa shape index (κ1) is 53.1. The Hall–Kier alpha value is -5.75. The SMILES string of the molecule is CC(=O)CCC(=O)OC[C@H]1O[C@H](OC[C@H]2O[C@H](Sc3ccc(C)cc3)[C@@H](OC(C)=O)[C@@H](OCc3ccccc3)[C@@H]2OCc2ccccc2)[C@@H](OC(C)=O)[C@@H](OCc2ccccc2)[C@@H]1OCc1ccccc1. The predicted octanol–water partition coefficient (Wildman–Crippen LogP) is 8.67. The lowest BCUT2D eigenvalue weighted by Gasteiger charge is -2.47. The minimum absolute atomic E-state index is 0.00777. The normalized spacial score (nSPS) is 24.1. The Bertz CT molecular complexity index is 2410. The van der Waals surface area contributed by atoms with E-state index in [0.29, 0.717) is 0 Å². The van der Waals surface area contributed by atoms with Crippen molar-refractivity contribution in [1.82, 2.24) is 0 Å². The molecule has 5 aromatic carbocycles. The Morgan fingerprint density at radius 1 is 0.465 bits per heavy atom. The van der Waals surface area contributed by atoms with Crippen LogP contribution in [0.3, 0.4) is 0 Å². The quantitative estimate of drug-likeness (QED) is 0.0426. The highest BCUT2D eigenvalue weighted by Gasteiger charge is 2.53. The first-order valence-corrected chi connectivity index (χ1v) is 24.6. The summed E-state index contributed by atoms with van der Waals surface area (Å²) in [6, 6.07) is 46.1. The van der Waals surface area contributed by atoms with Crippen LogP contribution in [-0.2, 0) is 93.0 Å². The molecule has 2 heterocycles. The summed E-state index contributed by atoms with van der Waals surface area (Å²) in [5.41, 5.74) is 3.68. The maximum absolute atomic E-state index is 13.1. The van der Waals surface area contributed by atoms with Crippen molar-refractivity contribution in [2.75, 3.05) is 13.2 Å². The zero-order valence-corrected chi connectivity index (χ0v) is 41.2. The Labute approximate surface area is 419 Å². The van der Waals surface area contributed by atoms with Crippen molar-refractivity contribution in [3.05, 3.63) is 173 Å². The summed E-state index contributed by atoms with van der Waals surface area (Å²) < 4.78 is 65.2. The van der Waals surface area contributed by atoms with Crippen molar-refractivity contribution in [3.63, 3.8) is 0 Å². The topological polar surface area (TPSA) is 161 Å². The summed E-state index contributed by atoms with van der Waals surface area (Å²) in [5.74, 6) is -1.93. The van der Waals surface area contributed by atoms with Crippen LogP contribution in [0.25, 0.3) is 0 Å². The van der Waals surface area contributed by atoms with E-state index < -0.39 is 78.5 Å². The van der Waals surface area contributed by atoms with Gasteiger partial charge in [0.25, 0.3) is 0 Å². The van der Waals surface area contributed by atoms with Gasteiger partial charge in [0.2, 0.25) is 0 Å². The summed E-state index contributed by atoms with van der Waals surface area (Å²) in [4.78, 5) is 51.8. The van der Waals surface area contributed by atoms with Gasteiger partial charge in [-0.3, -0.25) is 14.4 Å². The molecule has 0 aromatic heterocycles. The maximum Gasteiger partial charge on any atom is 0.306 e. The molecular weight excluding hydrogens is 929 g/mol. The van der Waals surface area contributed by atoms with Crippen molar-refractivity contribution in [3.8, 4) is 0 Å². The van der Waals surface area contributed by atoms with Crippen LogP contribution < -0.4 is 0 Å². The molecular formula is C56H62O14S. The van der Waals surface area contributed by atoms with Gasteiger partial charge in [-0.25, -0.2) is 0 Å². The Balaban J connectivity index is 1.25. The third kappa shape index (κ3) is 16.4. The van der Waals surface area contributed by atoms with Crippen LogP contribution >= 0.6 is 11.8 Å². The summed E-state index contributed by atoms with van der Waals surface area (Å²) in [5, 5.41) is 0. The highest BCUT2D eigenvalue weighted by atomic mass is 32.2. The second kappa shape index (κ2) is 27.2. The third-order valence-electron chi connectivity index (χ3n) is 11.7. The second-order valence-corrected chi connectivity index (χ2v) is 18.6. The molecule has 376 valence electrons. The van der Waals surface area contributed by atoms with E-state index in [9.17, 15) is 19.2 Å². The largest absolute Gasteiger partial charge is 0.463 e. The summed E-state index contributed by atoms with van der Waals surface area (Å²) >= 11 is 1.37. The first-order valence-electron chi connectivity index (χ1n) is 23.8. The molecule has 0 N–H and O–H groups in total. The average molecular weight is 991 g/mol. The Morgan fingerprint density at radius 2 is 0.887 bits per heavy atom. The summed E-state index contributed by atoms with van der Waals surface area (Å²) in [6.07, 6.45) is -9.46. The van der Waals surface area contributed by atoms with Crippen molar-refractivity contribution >= 4 is 35.5 Å². The first-order chi connectivity index (χ1) is 34.5. The van der Waals surface area contributed by atoms with E-state index in [2.05, 4.69) is 0 Å². The van der Waals surface area contributed by atoms with Gasteiger partial charge in [-0.2, -0.15) is 0 Å². The van der Waals surface area contributed by atoms with Crippen molar-refractivity contribution in [2.45, 2.75) is 132 Å². The van der Waals surface area contributed by atoms with E-state index in [1.807, 2.05) is 153 Å². The lowest BCUT2D eigenvalue weighted by Crippen LogP contribution is -2.63. The van der Waals surface area contributed by atoms with E-state index in [1.165, 1.54) is 32.5 Å². The number of rotatable bonds is 24. The molecule has 7 rings (SSSR count). The van der Waals surface area contributed by atoms with Gasteiger partial charge in [-0.1, -0.05) is 151 Å². The molecule has 0 spiro atoms. The van der Waals surface area contributed by atoms with Gasteiger partial charge in [-0.15, -0.1) is 0 Å². The fraction of sp³-hybridized carbons (Fsp3) is 0.393. The Kier molecular flexibility index (Phi) is 20.3. The van der Waals surface area contributed by atoms with Gasteiger partial charge in [-0.05, 0) is 48.2 Å². The van der Waals surface area contributed by atoms with E-state index in [1.54, 1.807) is 0 Å². The average Bonchev–Trinajstić information content (AvgIpc) is 3.37. The van der Waals surface area contributed by atoms with Crippen LogP contribution in [0, 0.1) is 6.92 Å². The van der Waals surface area contributed by atoms with Crippen LogP contribution in [0.5, 0.6) is 0 Å². The number of ether oxygens (including phenoxy) is 10. The molecule has 0 bridgehead atoms. The second-order valence-electron chi connectivity index (χ2n) is 17.4. The van der Waals surface area contributed by atoms with Gasteiger partial charge in [0.05, 0.1) is 39.5 Å². The summed E-state index contributed by atoms with van der Waals surface area (Å²) in [7, 11) is 0. The number of aryl methyl sites for hydroxylation is 1. The molecule has 0 radical (unpaired) electrons. The van der Waals surface area contributed by atoms with Crippen molar-refractivity contribution in [2.24, 2.45) is 0 Å². The number of Topliss-reactive ketones (excluding diaryl/α,β-unsaturated/α-hetero) is 1. The molecule has 10 atom stereocenters. The smallest absolute Gasteiger partial charge is 0.306 e. The molecule has 2 fully saturated rings. The summed E-state index contributed by atoms with van der Waals surface area (Å²) in [6.45, 7) is 5.98. The Morgan fingerprint density at radius 3 is 1.34 bits per heavy atom. The zero-order valence-electron chi connectivity index (χ0n) is 40.4. The molecule has 0 amide bonds. The molecule has 0 unspecified atom stereocenters. The van der Waals surface area contributed by atoms with E-state index in [4.69, 9.17) is 47.4 Å². The number of esters is 3. The molecule has 2 aliphatic heterocycles. The number of hydrogen-bond acceptors (Lipinski definition) is 15. The van der Waals surface area contributed by atoms with E-state index in [-0.39, 0.29) is 58.3 Å². The van der Waals surface area contributed by atoms with Gasteiger partial charge in [0.1, 0.15) is 54.4 Å². The van der Waals surface area contributed by atoms with Gasteiger partial charge in [0.15, 0.2) is 18.5 Å². The van der Waals surface area contributed by atoms with Crippen LogP contribution in [0.4, 0.5) is 0 Å². The third-order valence-corrected chi connectivity index (χ3v) is 12.9. The maximum atomic E-state index is 13.1. The highest BCUT2D eigenvalue weighted by Crippen LogP contribution is 2.39. The van der Waals surface area contributed by atoms with Crippen LogP contribution in [-0.4, -0.2) is 97.5 Å². The number of benzene rings is 5. The molecule has 0 saturated carbocycles. The fourth-order valence-corrected chi connectivity index (χ4v) is 9.31. The number of ketones is 1. The van der Waals surface area contributed by atoms with Crippen molar-refractivity contribution in [1.29, 1.82) is 0 Å². The lowest BCUT2D eigenvalue weighted by atomic mass is 9.97. The molecule has 2 saturated heterocycles. The monoisotopic (exact) mass is 990 g/mol. The highest BCUT2D eigenvalue weighted by molar-refractivity contribution is 7.99. The number of hydrogen-bond donors (Lipinski definition) is 0. The van der Waals surface area contributed by atoms with Crippen LogP contribution in [0.2, 0.25) is 0 Å². The number of thioether (sulfide) groups is 1. The van der Waals surface area contributed by atoms with Crippen LogP contribution in [0.1, 0.15) is 61.4 Å². The van der Waals surface area contributed by atoms with Crippen LogP contribution in [0.15, 0.2) is 150 Å². The molecule has 71 heavy (non-hydrogen) atoms. The predicted molar refractivity (Wildman–Crippen MR) is 262 cm³/mol. The van der Waals surface area contributed by atoms with Gasteiger partial charge >= 0.3 is 17.9 Å². The number of carbonyl (C=O) groups is 4. The van der Waals surface area contributed by atoms with Gasteiger partial charge < -0.3 is 52.2 Å². The van der Waals surface area contributed by atoms with Crippen molar-refractivity contribution < 1.29 is 66.5 Å².